The van der Waals surface area contributed by atoms with Crippen molar-refractivity contribution in [2.24, 2.45) is 5.41 Å². The quantitative estimate of drug-likeness (QED) is 0.764. The maximum absolute atomic E-state index is 12.6. The average molecular weight is 300 g/mol. The molecule has 0 aromatic heterocycles. The molecule has 0 spiro atoms. The predicted octanol–water partition coefficient (Wildman–Crippen LogP) is 4.48. The Labute approximate surface area is 134 Å². The Bertz CT molecular complexity index is 654. The van der Waals surface area contributed by atoms with Gasteiger partial charge in [0.25, 0.3) is 0 Å². The molecule has 0 amide bonds. The van der Waals surface area contributed by atoms with Gasteiger partial charge < -0.3 is 4.74 Å². The van der Waals surface area contributed by atoms with Gasteiger partial charge in [0.15, 0.2) is 0 Å². The van der Waals surface area contributed by atoms with Gasteiger partial charge in [-0.25, -0.2) is 0 Å². The number of carbonyl (C=O) groups excluding carboxylic acids is 1. The van der Waals surface area contributed by atoms with E-state index in [0.717, 1.165) is 6.61 Å². The third kappa shape index (κ3) is 1.62. The van der Waals surface area contributed by atoms with Crippen LogP contribution in [0.4, 0.5) is 0 Å². The predicted molar refractivity (Wildman–Crippen MR) is 89.4 cm³/mol. The fourth-order valence-electron chi connectivity index (χ4n) is 4.91. The number of fused-ring (bicyclic) bond motifs is 2. The van der Waals surface area contributed by atoms with Crippen LogP contribution in [0.2, 0.25) is 0 Å². The van der Waals surface area contributed by atoms with Crippen LogP contribution < -0.4 is 0 Å². The van der Waals surface area contributed by atoms with E-state index in [1.165, 1.54) is 22.3 Å². The number of ketones is 1. The lowest BCUT2D eigenvalue weighted by Gasteiger charge is -2.45. The lowest BCUT2D eigenvalue weighted by atomic mass is 9.56. The Morgan fingerprint density at radius 3 is 2.18 bits per heavy atom. The summed E-state index contributed by atoms with van der Waals surface area (Å²) in [6.07, 6.45) is 0. The maximum Gasteiger partial charge on any atom is 0.137 e. The highest BCUT2D eigenvalue weighted by Crippen LogP contribution is 2.62. The molecule has 1 aliphatic heterocycles. The van der Waals surface area contributed by atoms with Gasteiger partial charge >= 0.3 is 0 Å². The number of Topliss-reactive ketones (excluding diaryl/α,β-unsaturated/α-hetero) is 1. The van der Waals surface area contributed by atoms with E-state index in [0.29, 0.717) is 12.5 Å². The molecule has 1 aromatic carbocycles. The molecular weight excluding hydrogens is 272 g/mol. The zero-order valence-corrected chi connectivity index (χ0v) is 15.0. The van der Waals surface area contributed by atoms with Gasteiger partial charge in [0.2, 0.25) is 0 Å². The zero-order chi connectivity index (χ0) is 16.5. The van der Waals surface area contributed by atoms with Crippen molar-refractivity contribution in [1.29, 1.82) is 0 Å². The Hall–Kier alpha value is -1.15. The number of rotatable bonds is 1. The zero-order valence-electron chi connectivity index (χ0n) is 15.0. The van der Waals surface area contributed by atoms with Crippen molar-refractivity contribution >= 4 is 5.78 Å². The molecule has 0 bridgehead atoms. The topological polar surface area (TPSA) is 26.3 Å². The highest BCUT2D eigenvalue weighted by atomic mass is 16.5. The summed E-state index contributed by atoms with van der Waals surface area (Å²) in [5, 5.41) is 0. The van der Waals surface area contributed by atoms with E-state index in [1.807, 2.05) is 0 Å². The van der Waals surface area contributed by atoms with Gasteiger partial charge in [-0.2, -0.15) is 0 Å². The summed E-state index contributed by atoms with van der Waals surface area (Å²) in [4.78, 5) is 12.6. The second-order valence-corrected chi connectivity index (χ2v) is 8.44. The SMILES string of the molecule is CC(=O)C1(C)C(C)(C)c2cc3c(cc2C1(C)C)C(C)COC3. The van der Waals surface area contributed by atoms with Crippen LogP contribution in [0.15, 0.2) is 12.1 Å². The molecule has 1 aliphatic carbocycles. The van der Waals surface area contributed by atoms with Gasteiger partial charge in [-0.3, -0.25) is 4.79 Å². The third-order valence-electron chi connectivity index (χ3n) is 6.99. The molecule has 2 atom stereocenters. The lowest BCUT2D eigenvalue weighted by Crippen LogP contribution is -2.50. The normalized spacial score (nSPS) is 31.5. The van der Waals surface area contributed by atoms with E-state index in [9.17, 15) is 4.79 Å². The molecule has 2 nitrogen and oxygen atoms in total. The molecule has 0 fully saturated rings. The summed E-state index contributed by atoms with van der Waals surface area (Å²) in [7, 11) is 0. The first-order chi connectivity index (χ1) is 10.0. The van der Waals surface area contributed by atoms with Crippen LogP contribution in [0.1, 0.15) is 76.6 Å². The number of hydrogen-bond acceptors (Lipinski definition) is 2. The molecule has 3 rings (SSSR count). The van der Waals surface area contributed by atoms with Gasteiger partial charge in [-0.05, 0) is 29.2 Å². The monoisotopic (exact) mass is 300 g/mol. The molecule has 120 valence electrons. The van der Waals surface area contributed by atoms with Gasteiger partial charge in [-0.15, -0.1) is 0 Å². The number of hydrogen-bond donors (Lipinski definition) is 0. The van der Waals surface area contributed by atoms with E-state index >= 15 is 0 Å². The summed E-state index contributed by atoms with van der Waals surface area (Å²) in [5.41, 5.74) is 4.65. The minimum Gasteiger partial charge on any atom is -0.376 e. The summed E-state index contributed by atoms with van der Waals surface area (Å²) in [6, 6.07) is 4.68. The van der Waals surface area contributed by atoms with Crippen molar-refractivity contribution in [1.82, 2.24) is 0 Å². The van der Waals surface area contributed by atoms with E-state index in [-0.39, 0.29) is 16.6 Å². The summed E-state index contributed by atoms with van der Waals surface area (Å²) < 4.78 is 5.72. The Balaban J connectivity index is 2.31. The smallest absolute Gasteiger partial charge is 0.137 e. The van der Waals surface area contributed by atoms with E-state index in [1.54, 1.807) is 6.92 Å². The summed E-state index contributed by atoms with van der Waals surface area (Å²) in [6.45, 7) is 16.5. The molecule has 0 radical (unpaired) electrons. The fourth-order valence-corrected chi connectivity index (χ4v) is 4.91. The van der Waals surface area contributed by atoms with Crippen LogP contribution in [0.25, 0.3) is 0 Å². The van der Waals surface area contributed by atoms with Crippen LogP contribution >= 0.6 is 0 Å². The molecule has 2 heteroatoms. The molecule has 0 saturated carbocycles. The van der Waals surface area contributed by atoms with Crippen molar-refractivity contribution < 1.29 is 9.53 Å². The van der Waals surface area contributed by atoms with E-state index < -0.39 is 5.41 Å². The van der Waals surface area contributed by atoms with Gasteiger partial charge in [-0.1, -0.05) is 53.7 Å². The van der Waals surface area contributed by atoms with Crippen LogP contribution in [-0.4, -0.2) is 12.4 Å². The van der Waals surface area contributed by atoms with Crippen molar-refractivity contribution in [2.75, 3.05) is 6.61 Å². The number of carbonyl (C=O) groups is 1. The van der Waals surface area contributed by atoms with Crippen molar-refractivity contribution in [3.05, 3.63) is 34.4 Å². The van der Waals surface area contributed by atoms with Crippen LogP contribution in [0.3, 0.4) is 0 Å². The summed E-state index contributed by atoms with van der Waals surface area (Å²) in [5.74, 6) is 0.707. The van der Waals surface area contributed by atoms with Crippen LogP contribution in [-0.2, 0) is 27.0 Å². The Morgan fingerprint density at radius 2 is 1.64 bits per heavy atom. The molecule has 2 unspecified atom stereocenters. The molecule has 1 aromatic rings. The maximum atomic E-state index is 12.6. The molecule has 22 heavy (non-hydrogen) atoms. The Kier molecular flexibility index (Phi) is 3.18. The highest BCUT2D eigenvalue weighted by molar-refractivity contribution is 5.88. The fraction of sp³-hybridized carbons (Fsp3) is 0.650. The van der Waals surface area contributed by atoms with Gasteiger partial charge in [0.05, 0.1) is 13.2 Å². The molecule has 0 saturated heterocycles. The second-order valence-electron chi connectivity index (χ2n) is 8.44. The van der Waals surface area contributed by atoms with Gasteiger partial charge in [0.1, 0.15) is 5.78 Å². The van der Waals surface area contributed by atoms with Gasteiger partial charge in [0, 0.05) is 22.2 Å². The van der Waals surface area contributed by atoms with Crippen LogP contribution in [0.5, 0.6) is 0 Å². The molecule has 0 N–H and O–H groups in total. The standard InChI is InChI=1S/C20H28O2/c1-12-10-22-11-14-8-16-17(9-15(12)14)19(5,6)20(7,13(2)21)18(16,3)4/h8-9,12H,10-11H2,1-7H3. The molecule has 2 aliphatic rings. The first kappa shape index (κ1) is 15.7. The lowest BCUT2D eigenvalue weighted by molar-refractivity contribution is -0.132. The average Bonchev–Trinajstić information content (AvgIpc) is 2.55. The molecular formula is C20H28O2. The number of benzene rings is 1. The minimum absolute atomic E-state index is 0.162. The van der Waals surface area contributed by atoms with E-state index in [4.69, 9.17) is 4.74 Å². The first-order valence-corrected chi connectivity index (χ1v) is 8.31. The Morgan fingerprint density at radius 1 is 1.09 bits per heavy atom. The second kappa shape index (κ2) is 4.44. The van der Waals surface area contributed by atoms with E-state index in [2.05, 4.69) is 53.7 Å². The number of ether oxygens (including phenoxy) is 1. The minimum atomic E-state index is -0.392. The van der Waals surface area contributed by atoms with Crippen molar-refractivity contribution in [3.63, 3.8) is 0 Å². The van der Waals surface area contributed by atoms with Crippen molar-refractivity contribution in [3.8, 4) is 0 Å². The first-order valence-electron chi connectivity index (χ1n) is 8.31. The highest BCUT2D eigenvalue weighted by Gasteiger charge is 2.62. The van der Waals surface area contributed by atoms with Crippen molar-refractivity contribution in [2.45, 2.75) is 71.8 Å². The largest absolute Gasteiger partial charge is 0.376 e. The summed E-state index contributed by atoms with van der Waals surface area (Å²) >= 11 is 0. The van der Waals surface area contributed by atoms with Crippen LogP contribution in [0, 0.1) is 5.41 Å². The third-order valence-corrected chi connectivity index (χ3v) is 6.99. The molecule has 1 heterocycles.